The minimum absolute atomic E-state index is 0.00329. The number of aromatic amines is 1. The third-order valence-electron chi connectivity index (χ3n) is 8.41. The normalized spacial score (nSPS) is 26.1. The Kier molecular flexibility index (Phi) is 11.6. The minimum atomic E-state index is -3.31. The molecule has 2 aliphatic rings. The predicted octanol–water partition coefficient (Wildman–Crippen LogP) is 4.04. The van der Waals surface area contributed by atoms with Crippen LogP contribution >= 0.6 is 0 Å². The van der Waals surface area contributed by atoms with Crippen molar-refractivity contribution in [3.05, 3.63) is 33.1 Å². The first-order valence-corrected chi connectivity index (χ1v) is 19.4. The Labute approximate surface area is 261 Å². The van der Waals surface area contributed by atoms with E-state index in [1.165, 1.54) is 6.20 Å². The fourth-order valence-electron chi connectivity index (χ4n) is 6.06. The Balaban J connectivity index is 2.39. The monoisotopic (exact) mass is 652 g/mol. The molecule has 4 atom stereocenters. The van der Waals surface area contributed by atoms with Gasteiger partial charge in [0.2, 0.25) is 5.60 Å². The van der Waals surface area contributed by atoms with Crippen molar-refractivity contribution in [2.45, 2.75) is 128 Å². The fraction of sp³-hybridized carbons (Fsp3) is 0.733. The van der Waals surface area contributed by atoms with E-state index in [1.54, 1.807) is 0 Å². The SMILES string of the molecule is CCCCC#C[C@]1(OC(=O)C(=O)OC)[C@@H]2O[Si](C(C)C)(C(C)C)O[Si](C(C)C)(C(C)C)OC[C@H]2O[C@H]1n1ccc(=O)[nH]c1=O. The topological polar surface area (TPSA) is 144 Å². The van der Waals surface area contributed by atoms with E-state index in [0.717, 1.165) is 30.6 Å². The smallest absolute Gasteiger partial charge is 0.419 e. The molecule has 44 heavy (non-hydrogen) atoms. The van der Waals surface area contributed by atoms with Crippen LogP contribution in [0.4, 0.5) is 0 Å². The number of nitrogens with zero attached hydrogens (tertiary/aromatic N) is 1. The molecular formula is C30H48N2O10Si2. The minimum Gasteiger partial charge on any atom is -0.461 e. The van der Waals surface area contributed by atoms with Crippen LogP contribution in [0.25, 0.3) is 0 Å². The van der Waals surface area contributed by atoms with Gasteiger partial charge in [0.05, 0.1) is 13.7 Å². The molecule has 0 bridgehead atoms. The summed E-state index contributed by atoms with van der Waals surface area (Å²) in [5.74, 6) is 3.58. The average molecular weight is 653 g/mol. The lowest BCUT2D eigenvalue weighted by atomic mass is 9.93. The maximum atomic E-state index is 13.2. The van der Waals surface area contributed by atoms with Crippen LogP contribution in [-0.2, 0) is 36.8 Å². The number of rotatable bonds is 8. The maximum Gasteiger partial charge on any atom is 0.419 e. The molecule has 0 radical (unpaired) electrons. The first-order chi connectivity index (χ1) is 20.6. The second kappa shape index (κ2) is 14.3. The lowest BCUT2D eigenvalue weighted by Gasteiger charge is -2.52. The highest BCUT2D eigenvalue weighted by Crippen LogP contribution is 2.51. The molecule has 0 amide bonds. The van der Waals surface area contributed by atoms with Crippen LogP contribution < -0.4 is 11.2 Å². The number of H-pyrrole nitrogens is 1. The highest BCUT2D eigenvalue weighted by Gasteiger charge is 2.68. The van der Waals surface area contributed by atoms with Gasteiger partial charge in [-0.2, -0.15) is 0 Å². The Hall–Kier alpha value is -2.55. The van der Waals surface area contributed by atoms with Crippen molar-refractivity contribution < 1.29 is 36.8 Å². The number of unbranched alkanes of at least 4 members (excludes halogenated alkanes) is 2. The molecule has 2 saturated heterocycles. The zero-order chi connectivity index (χ0) is 33.0. The highest BCUT2D eigenvalue weighted by molar-refractivity contribution is 6.84. The number of esters is 2. The van der Waals surface area contributed by atoms with Gasteiger partial charge in [0.25, 0.3) is 5.56 Å². The number of methoxy groups -OCH3 is 1. The summed E-state index contributed by atoms with van der Waals surface area (Å²) < 4.78 is 39.6. The van der Waals surface area contributed by atoms with E-state index < -0.39 is 64.3 Å². The van der Waals surface area contributed by atoms with Crippen molar-refractivity contribution in [2.75, 3.05) is 13.7 Å². The zero-order valence-electron chi connectivity index (χ0n) is 27.6. The summed E-state index contributed by atoms with van der Waals surface area (Å²) in [4.78, 5) is 53.1. The van der Waals surface area contributed by atoms with Crippen molar-refractivity contribution in [3.8, 4) is 11.8 Å². The Morgan fingerprint density at radius 2 is 1.66 bits per heavy atom. The molecule has 0 saturated carbocycles. The van der Waals surface area contributed by atoms with Gasteiger partial charge in [-0.05, 0) is 34.5 Å². The molecule has 2 aliphatic heterocycles. The lowest BCUT2D eigenvalue weighted by molar-refractivity contribution is -0.182. The van der Waals surface area contributed by atoms with Crippen LogP contribution in [0.15, 0.2) is 21.9 Å². The molecule has 1 aromatic heterocycles. The largest absolute Gasteiger partial charge is 0.461 e. The molecule has 1 N–H and O–H groups in total. The summed E-state index contributed by atoms with van der Waals surface area (Å²) in [5, 5.41) is 0. The highest BCUT2D eigenvalue weighted by atomic mass is 28.5. The van der Waals surface area contributed by atoms with Crippen molar-refractivity contribution >= 4 is 29.1 Å². The number of hydrogen-bond donors (Lipinski definition) is 1. The molecule has 2 fully saturated rings. The number of carbonyl (C=O) groups is 2. The van der Waals surface area contributed by atoms with E-state index in [4.69, 9.17) is 22.4 Å². The zero-order valence-corrected chi connectivity index (χ0v) is 29.6. The molecule has 12 nitrogen and oxygen atoms in total. The van der Waals surface area contributed by atoms with Crippen LogP contribution in [0.1, 0.15) is 87.8 Å². The number of ether oxygens (including phenoxy) is 3. The average Bonchev–Trinajstić information content (AvgIpc) is 3.21. The van der Waals surface area contributed by atoms with E-state index >= 15 is 0 Å². The third kappa shape index (κ3) is 6.68. The summed E-state index contributed by atoms with van der Waals surface area (Å²) >= 11 is 0. The van der Waals surface area contributed by atoms with Crippen LogP contribution in [-0.4, -0.2) is 70.1 Å². The number of carbonyl (C=O) groups excluding carboxylic acids is 2. The number of fused-ring (bicyclic) bond motifs is 1. The summed E-state index contributed by atoms with van der Waals surface area (Å²) in [7, 11) is -5.23. The number of hydrogen-bond acceptors (Lipinski definition) is 10. The van der Waals surface area contributed by atoms with Gasteiger partial charge in [-0.3, -0.25) is 14.3 Å². The molecule has 0 spiro atoms. The van der Waals surface area contributed by atoms with Gasteiger partial charge in [-0.25, -0.2) is 14.4 Å². The van der Waals surface area contributed by atoms with E-state index in [0.29, 0.717) is 6.42 Å². The summed E-state index contributed by atoms with van der Waals surface area (Å²) in [6.45, 7) is 18.5. The van der Waals surface area contributed by atoms with Gasteiger partial charge >= 0.3 is 34.8 Å². The van der Waals surface area contributed by atoms with Crippen molar-refractivity contribution in [2.24, 2.45) is 0 Å². The van der Waals surface area contributed by atoms with E-state index in [1.807, 2.05) is 34.6 Å². The van der Waals surface area contributed by atoms with Crippen LogP contribution in [0.5, 0.6) is 0 Å². The second-order valence-corrected chi connectivity index (χ2v) is 21.5. The number of nitrogens with one attached hydrogen (secondary N) is 1. The van der Waals surface area contributed by atoms with Crippen LogP contribution in [0, 0.1) is 11.8 Å². The first-order valence-electron chi connectivity index (χ1n) is 15.4. The van der Waals surface area contributed by atoms with Gasteiger partial charge < -0.3 is 27.2 Å². The van der Waals surface area contributed by atoms with Crippen molar-refractivity contribution in [3.63, 3.8) is 0 Å². The fourth-order valence-corrected chi connectivity index (χ4v) is 17.3. The molecule has 1 aromatic rings. The molecule has 0 unspecified atom stereocenters. The molecule has 3 rings (SSSR count). The predicted molar refractivity (Wildman–Crippen MR) is 167 cm³/mol. The van der Waals surface area contributed by atoms with Crippen molar-refractivity contribution in [1.82, 2.24) is 9.55 Å². The molecule has 3 heterocycles. The molecular weight excluding hydrogens is 605 g/mol. The molecule has 246 valence electrons. The van der Waals surface area contributed by atoms with Gasteiger partial charge in [0.1, 0.15) is 12.2 Å². The Bertz CT molecular complexity index is 1350. The Morgan fingerprint density at radius 3 is 2.18 bits per heavy atom. The molecule has 0 aliphatic carbocycles. The first kappa shape index (κ1) is 35.9. The van der Waals surface area contributed by atoms with E-state index in [2.05, 4.69) is 49.3 Å². The second-order valence-electron chi connectivity index (χ2n) is 12.6. The maximum absolute atomic E-state index is 13.2. The van der Waals surface area contributed by atoms with Gasteiger partial charge in [-0.1, -0.05) is 74.7 Å². The van der Waals surface area contributed by atoms with E-state index in [-0.39, 0.29) is 28.8 Å². The van der Waals surface area contributed by atoms with Crippen molar-refractivity contribution in [1.29, 1.82) is 0 Å². The standard InChI is InChI=1S/C30H48N2O10Si2/c1-11-12-13-14-16-30(40-27(35)26(34)37-10)25-23(39-28(30)32-17-15-24(33)31-29(32)36)18-38-43(19(2)3,20(4)5)42-44(41-25,21(6)7)22(8)9/h15,17,19-23,25,28H,11-13,18H2,1-10H3,(H,31,33,36)/t23-,25-,28-,30+/m1/s1. The van der Waals surface area contributed by atoms with Crippen LogP contribution in [0.3, 0.4) is 0 Å². The summed E-state index contributed by atoms with van der Waals surface area (Å²) in [5.41, 5.74) is -3.52. The van der Waals surface area contributed by atoms with Gasteiger partial charge in [0.15, 0.2) is 6.23 Å². The lowest BCUT2D eigenvalue weighted by Crippen LogP contribution is -2.67. The van der Waals surface area contributed by atoms with Gasteiger partial charge in [0, 0.05) is 18.7 Å². The summed E-state index contributed by atoms with van der Waals surface area (Å²) in [6.07, 6.45) is -0.119. The van der Waals surface area contributed by atoms with E-state index in [9.17, 15) is 19.2 Å². The molecule has 14 heteroatoms. The van der Waals surface area contributed by atoms with Crippen LogP contribution in [0.2, 0.25) is 22.2 Å². The quantitative estimate of drug-likeness (QED) is 0.144. The number of aromatic nitrogens is 2. The van der Waals surface area contributed by atoms with Gasteiger partial charge in [-0.15, -0.1) is 0 Å². The third-order valence-corrected chi connectivity index (χ3v) is 18.6. The summed E-state index contributed by atoms with van der Waals surface area (Å²) in [6, 6.07) is 1.15. The Morgan fingerprint density at radius 1 is 1.05 bits per heavy atom. The molecule has 0 aromatic carbocycles.